The molecule has 1 aliphatic rings. The molecular weight excluding hydrogens is 406 g/mol. The van der Waals surface area contributed by atoms with E-state index >= 15 is 0 Å². The van der Waals surface area contributed by atoms with Gasteiger partial charge in [-0.05, 0) is 45.6 Å². The summed E-state index contributed by atoms with van der Waals surface area (Å²) >= 11 is 4.93. The van der Waals surface area contributed by atoms with Crippen molar-refractivity contribution in [3.05, 3.63) is 62.2 Å². The van der Waals surface area contributed by atoms with Crippen LogP contribution in [0.5, 0.6) is 5.75 Å². The van der Waals surface area contributed by atoms with Gasteiger partial charge in [-0.15, -0.1) is 11.3 Å². The Hall–Kier alpha value is -2.38. The van der Waals surface area contributed by atoms with E-state index < -0.39 is 6.16 Å². The summed E-state index contributed by atoms with van der Waals surface area (Å²) in [5, 5.41) is 9.14. The highest BCUT2D eigenvalue weighted by molar-refractivity contribution is 9.11. The molecule has 0 atom stereocenters. The molecule has 25 heavy (non-hydrogen) atoms. The summed E-state index contributed by atoms with van der Waals surface area (Å²) in [5.41, 5.74) is 2.63. The van der Waals surface area contributed by atoms with Crippen LogP contribution in [0.25, 0.3) is 21.7 Å². The predicted molar refractivity (Wildman–Crippen MR) is 99.5 cm³/mol. The van der Waals surface area contributed by atoms with Gasteiger partial charge in [-0.3, -0.25) is 4.79 Å². The molecule has 0 spiro atoms. The number of aromatic nitrogens is 1. The standard InChI is InChI=1S/C18H12BrNO4S/c19-14-8-11-6-7-20-15(16(11)25-14)13(24-18(22)23)9-12(17(20)21)10-4-2-1-3-5-10/h1-5,8-9H,6-7H2,(H,22,23). The molecule has 7 heteroatoms. The molecule has 3 heterocycles. The van der Waals surface area contributed by atoms with Crippen LogP contribution in [0.2, 0.25) is 0 Å². The Morgan fingerprint density at radius 1 is 1.24 bits per heavy atom. The van der Waals surface area contributed by atoms with Gasteiger partial charge in [-0.25, -0.2) is 4.79 Å². The molecule has 126 valence electrons. The molecule has 1 N–H and O–H groups in total. The zero-order valence-corrected chi connectivity index (χ0v) is 15.3. The van der Waals surface area contributed by atoms with Crippen molar-refractivity contribution in [2.75, 3.05) is 0 Å². The summed E-state index contributed by atoms with van der Waals surface area (Å²) in [6, 6.07) is 12.7. The molecule has 0 bridgehead atoms. The molecule has 0 saturated carbocycles. The first-order chi connectivity index (χ1) is 12.0. The number of rotatable bonds is 2. The summed E-state index contributed by atoms with van der Waals surface area (Å²) in [7, 11) is 0. The average Bonchev–Trinajstić information content (AvgIpc) is 2.97. The first-order valence-electron chi connectivity index (χ1n) is 7.57. The number of nitrogens with zero attached hydrogens (tertiary/aromatic N) is 1. The van der Waals surface area contributed by atoms with Crippen molar-refractivity contribution in [2.45, 2.75) is 13.0 Å². The minimum absolute atomic E-state index is 0.144. The van der Waals surface area contributed by atoms with Crippen molar-refractivity contribution >= 4 is 33.4 Å². The monoisotopic (exact) mass is 417 g/mol. The normalized spacial score (nSPS) is 12.4. The Kier molecular flexibility index (Phi) is 3.97. The lowest BCUT2D eigenvalue weighted by atomic mass is 10.0. The Balaban J connectivity index is 2.02. The number of pyridine rings is 1. The van der Waals surface area contributed by atoms with Crippen LogP contribution in [-0.4, -0.2) is 15.8 Å². The molecule has 3 aromatic rings. The highest BCUT2D eigenvalue weighted by atomic mass is 79.9. The van der Waals surface area contributed by atoms with E-state index in [1.165, 1.54) is 17.4 Å². The molecule has 0 saturated heterocycles. The van der Waals surface area contributed by atoms with Gasteiger partial charge < -0.3 is 14.4 Å². The molecule has 0 amide bonds. The van der Waals surface area contributed by atoms with Crippen LogP contribution in [0.1, 0.15) is 5.56 Å². The SMILES string of the molecule is O=C(O)Oc1cc(-c2ccccc2)c(=O)n2c1-c1sc(Br)cc1CC2. The van der Waals surface area contributed by atoms with Crippen molar-refractivity contribution in [1.82, 2.24) is 4.57 Å². The van der Waals surface area contributed by atoms with Gasteiger partial charge in [0.1, 0.15) is 5.69 Å². The summed E-state index contributed by atoms with van der Waals surface area (Å²) in [6.45, 7) is 0.487. The van der Waals surface area contributed by atoms with Crippen LogP contribution in [0.4, 0.5) is 4.79 Å². The number of hydrogen-bond acceptors (Lipinski definition) is 4. The van der Waals surface area contributed by atoms with Crippen molar-refractivity contribution in [3.63, 3.8) is 0 Å². The van der Waals surface area contributed by atoms with Crippen LogP contribution < -0.4 is 10.3 Å². The zero-order chi connectivity index (χ0) is 17.6. The molecule has 1 aliphatic heterocycles. The molecule has 5 nitrogen and oxygen atoms in total. The maximum Gasteiger partial charge on any atom is 0.511 e. The van der Waals surface area contributed by atoms with Gasteiger partial charge in [0.2, 0.25) is 0 Å². The van der Waals surface area contributed by atoms with Gasteiger partial charge in [-0.2, -0.15) is 0 Å². The van der Waals surface area contributed by atoms with Crippen LogP contribution in [0, 0.1) is 0 Å². The zero-order valence-electron chi connectivity index (χ0n) is 12.9. The van der Waals surface area contributed by atoms with E-state index in [9.17, 15) is 9.59 Å². The topological polar surface area (TPSA) is 68.5 Å². The highest BCUT2D eigenvalue weighted by Crippen LogP contribution is 2.43. The number of aryl methyl sites for hydroxylation is 1. The average molecular weight is 418 g/mol. The van der Waals surface area contributed by atoms with Crippen molar-refractivity contribution in [1.29, 1.82) is 0 Å². The number of ether oxygens (including phenoxy) is 1. The first kappa shape index (κ1) is 16.1. The third-order valence-electron chi connectivity index (χ3n) is 4.14. The number of fused-ring (bicyclic) bond motifs is 3. The fraction of sp³-hybridized carbons (Fsp3) is 0.111. The lowest BCUT2D eigenvalue weighted by Gasteiger charge is -2.22. The van der Waals surface area contributed by atoms with Gasteiger partial charge in [0.25, 0.3) is 5.56 Å². The molecule has 0 aliphatic carbocycles. The number of benzene rings is 1. The summed E-state index contributed by atoms with van der Waals surface area (Å²) in [4.78, 5) is 25.1. The van der Waals surface area contributed by atoms with Gasteiger partial charge >= 0.3 is 6.16 Å². The van der Waals surface area contributed by atoms with E-state index in [0.717, 1.165) is 26.2 Å². The van der Waals surface area contributed by atoms with Crippen LogP contribution in [0.3, 0.4) is 0 Å². The number of hydrogen-bond donors (Lipinski definition) is 1. The lowest BCUT2D eigenvalue weighted by molar-refractivity contribution is 0.144. The van der Waals surface area contributed by atoms with Crippen LogP contribution >= 0.6 is 27.3 Å². The van der Waals surface area contributed by atoms with E-state index in [4.69, 9.17) is 9.84 Å². The fourth-order valence-electron chi connectivity index (χ4n) is 3.10. The van der Waals surface area contributed by atoms with Crippen molar-refractivity contribution in [2.24, 2.45) is 0 Å². The van der Waals surface area contributed by atoms with Crippen LogP contribution in [-0.2, 0) is 13.0 Å². The minimum Gasteiger partial charge on any atom is -0.449 e. The highest BCUT2D eigenvalue weighted by Gasteiger charge is 2.27. The largest absolute Gasteiger partial charge is 0.511 e. The first-order valence-corrected chi connectivity index (χ1v) is 9.18. The Morgan fingerprint density at radius 2 is 2.00 bits per heavy atom. The summed E-state index contributed by atoms with van der Waals surface area (Å²) in [5.74, 6) is 0.182. The van der Waals surface area contributed by atoms with E-state index in [1.807, 2.05) is 36.4 Å². The maximum atomic E-state index is 13.0. The number of halogens is 1. The molecule has 0 radical (unpaired) electrons. The Morgan fingerprint density at radius 3 is 2.72 bits per heavy atom. The summed E-state index contributed by atoms with van der Waals surface area (Å²) < 4.78 is 7.60. The summed E-state index contributed by atoms with van der Waals surface area (Å²) in [6.07, 6.45) is -0.682. The molecule has 2 aromatic heterocycles. The third kappa shape index (κ3) is 2.79. The Bertz CT molecular complexity index is 1040. The minimum atomic E-state index is -1.40. The Labute approximate surface area is 155 Å². The fourth-order valence-corrected chi connectivity index (χ4v) is 4.86. The molecule has 0 fully saturated rings. The predicted octanol–water partition coefficient (Wildman–Crippen LogP) is 4.62. The second-order valence-electron chi connectivity index (χ2n) is 5.62. The van der Waals surface area contributed by atoms with Gasteiger partial charge in [0, 0.05) is 6.54 Å². The van der Waals surface area contributed by atoms with Crippen molar-refractivity contribution < 1.29 is 14.6 Å². The van der Waals surface area contributed by atoms with E-state index in [-0.39, 0.29) is 11.3 Å². The molecule has 1 aromatic carbocycles. The van der Waals surface area contributed by atoms with E-state index in [0.29, 0.717) is 17.8 Å². The second-order valence-corrected chi connectivity index (χ2v) is 8.05. The van der Waals surface area contributed by atoms with E-state index in [2.05, 4.69) is 15.9 Å². The number of thiophene rings is 1. The van der Waals surface area contributed by atoms with Crippen molar-refractivity contribution in [3.8, 4) is 27.4 Å². The van der Waals surface area contributed by atoms with Gasteiger partial charge in [0.15, 0.2) is 5.75 Å². The third-order valence-corrected chi connectivity index (χ3v) is 5.82. The molecular formula is C18H12BrNO4S. The number of carbonyl (C=O) groups is 1. The van der Waals surface area contributed by atoms with Crippen LogP contribution in [0.15, 0.2) is 51.0 Å². The lowest BCUT2D eigenvalue weighted by Crippen LogP contribution is -2.27. The van der Waals surface area contributed by atoms with E-state index in [1.54, 1.807) is 4.57 Å². The smallest absolute Gasteiger partial charge is 0.449 e. The molecule has 4 rings (SSSR count). The second kappa shape index (κ2) is 6.16. The van der Waals surface area contributed by atoms with Gasteiger partial charge in [-0.1, -0.05) is 30.3 Å². The quantitative estimate of drug-likeness (QED) is 0.617. The molecule has 0 unspecified atom stereocenters. The number of carboxylic acid groups (broad SMARTS) is 1. The van der Waals surface area contributed by atoms with Gasteiger partial charge in [0.05, 0.1) is 14.2 Å². The maximum absolute atomic E-state index is 13.0.